The predicted octanol–water partition coefficient (Wildman–Crippen LogP) is 5.50. The zero-order valence-electron chi connectivity index (χ0n) is 12.3. The molecule has 2 aromatic rings. The Bertz CT molecular complexity index is 683. The molecule has 0 aliphatic heterocycles. The van der Waals surface area contributed by atoms with Crippen LogP contribution < -0.4 is 5.32 Å². The average molecular weight is 481 g/mol. The van der Waals surface area contributed by atoms with Gasteiger partial charge in [-0.2, -0.15) is 0 Å². The average Bonchev–Trinajstić information content (AvgIpc) is 2.40. The van der Waals surface area contributed by atoms with Gasteiger partial charge in [-0.25, -0.2) is 9.97 Å². The zero-order chi connectivity index (χ0) is 15.8. The minimum atomic E-state index is -0.0711. The normalized spacial score (nSPS) is 11.6. The van der Waals surface area contributed by atoms with Gasteiger partial charge in [-0.15, -0.1) is 0 Å². The maximum Gasteiger partial charge on any atom is 0.163 e. The molecule has 1 N–H and O–H groups in total. The topological polar surface area (TPSA) is 37.8 Å². The molecule has 3 nitrogen and oxygen atoms in total. The number of rotatable bonds is 2. The van der Waals surface area contributed by atoms with E-state index < -0.39 is 0 Å². The number of hydrogen-bond donors (Lipinski definition) is 1. The fraction of sp³-hybridized carbons (Fsp3) is 0.333. The van der Waals surface area contributed by atoms with E-state index in [2.05, 4.69) is 69.6 Å². The molecular formula is C15H16BrClIN3. The molecular weight excluding hydrogens is 464 g/mol. The van der Waals surface area contributed by atoms with Gasteiger partial charge in [0.25, 0.3) is 0 Å². The highest BCUT2D eigenvalue weighted by atomic mass is 127. The standard InChI is InChI=1S/C15H16BrClIN3/c1-15(2,3)12-11(18)14(19-4)21-13(20-12)9-7-8(16)5-6-10(9)17/h5-7H,1-4H3,(H,19,20,21). The van der Waals surface area contributed by atoms with Crippen molar-refractivity contribution in [1.29, 1.82) is 0 Å². The van der Waals surface area contributed by atoms with E-state index in [1.807, 2.05) is 25.2 Å². The van der Waals surface area contributed by atoms with Crippen LogP contribution in [0, 0.1) is 3.57 Å². The Labute approximate surface area is 152 Å². The molecule has 112 valence electrons. The molecule has 0 saturated carbocycles. The molecule has 1 heterocycles. The molecule has 0 amide bonds. The van der Waals surface area contributed by atoms with Crippen LogP contribution in [-0.2, 0) is 5.41 Å². The first-order valence-electron chi connectivity index (χ1n) is 6.45. The van der Waals surface area contributed by atoms with Crippen LogP contribution in [0.1, 0.15) is 26.5 Å². The zero-order valence-corrected chi connectivity index (χ0v) is 16.8. The first kappa shape index (κ1) is 17.0. The van der Waals surface area contributed by atoms with Crippen molar-refractivity contribution in [1.82, 2.24) is 9.97 Å². The monoisotopic (exact) mass is 479 g/mol. The number of aromatic nitrogens is 2. The number of anilines is 1. The summed E-state index contributed by atoms with van der Waals surface area (Å²) in [6.07, 6.45) is 0. The molecule has 0 radical (unpaired) electrons. The first-order valence-corrected chi connectivity index (χ1v) is 8.70. The van der Waals surface area contributed by atoms with Gasteiger partial charge in [-0.1, -0.05) is 48.3 Å². The quantitative estimate of drug-likeness (QED) is 0.577. The maximum absolute atomic E-state index is 6.31. The van der Waals surface area contributed by atoms with Crippen molar-refractivity contribution in [2.75, 3.05) is 12.4 Å². The molecule has 0 fully saturated rings. The minimum absolute atomic E-state index is 0.0711. The van der Waals surface area contributed by atoms with Gasteiger partial charge >= 0.3 is 0 Å². The number of nitrogens with zero attached hydrogens (tertiary/aromatic N) is 2. The molecule has 0 spiro atoms. The van der Waals surface area contributed by atoms with Crippen LogP contribution in [0.3, 0.4) is 0 Å². The van der Waals surface area contributed by atoms with E-state index in [4.69, 9.17) is 16.6 Å². The van der Waals surface area contributed by atoms with Crippen LogP contribution in [0.5, 0.6) is 0 Å². The smallest absolute Gasteiger partial charge is 0.163 e. The summed E-state index contributed by atoms with van der Waals surface area (Å²) in [6.45, 7) is 6.43. The Kier molecular flexibility index (Phi) is 5.15. The van der Waals surface area contributed by atoms with Crippen molar-refractivity contribution in [2.45, 2.75) is 26.2 Å². The molecule has 21 heavy (non-hydrogen) atoms. The van der Waals surface area contributed by atoms with Gasteiger partial charge < -0.3 is 5.32 Å². The SMILES string of the molecule is CNc1nc(-c2cc(Br)ccc2Cl)nc(C(C)(C)C)c1I. The third-order valence-electron chi connectivity index (χ3n) is 2.97. The predicted molar refractivity (Wildman–Crippen MR) is 101 cm³/mol. The molecule has 2 rings (SSSR count). The second-order valence-electron chi connectivity index (χ2n) is 5.68. The van der Waals surface area contributed by atoms with Crippen LogP contribution in [0.25, 0.3) is 11.4 Å². The lowest BCUT2D eigenvalue weighted by Crippen LogP contribution is -2.18. The first-order chi connectivity index (χ1) is 9.74. The second-order valence-corrected chi connectivity index (χ2v) is 8.08. The van der Waals surface area contributed by atoms with Crippen LogP contribution in [-0.4, -0.2) is 17.0 Å². The number of hydrogen-bond acceptors (Lipinski definition) is 3. The summed E-state index contributed by atoms with van der Waals surface area (Å²) in [4.78, 5) is 9.36. The fourth-order valence-corrected chi connectivity index (χ4v) is 3.78. The Morgan fingerprint density at radius 2 is 1.90 bits per heavy atom. The summed E-state index contributed by atoms with van der Waals surface area (Å²) in [7, 11) is 1.86. The molecule has 0 bridgehead atoms. The van der Waals surface area contributed by atoms with Gasteiger partial charge in [0, 0.05) is 22.5 Å². The number of halogens is 3. The highest BCUT2D eigenvalue weighted by Gasteiger charge is 2.23. The highest BCUT2D eigenvalue weighted by Crippen LogP contribution is 2.34. The third kappa shape index (κ3) is 3.68. The van der Waals surface area contributed by atoms with E-state index in [0.29, 0.717) is 10.8 Å². The third-order valence-corrected chi connectivity index (χ3v) is 4.81. The van der Waals surface area contributed by atoms with Crippen molar-refractivity contribution >= 4 is 55.9 Å². The fourth-order valence-electron chi connectivity index (χ4n) is 1.90. The summed E-state index contributed by atoms with van der Waals surface area (Å²) >= 11 is 12.1. The van der Waals surface area contributed by atoms with Gasteiger partial charge in [0.05, 0.1) is 14.3 Å². The number of nitrogens with one attached hydrogen (secondary N) is 1. The lowest BCUT2D eigenvalue weighted by Gasteiger charge is -2.22. The van der Waals surface area contributed by atoms with Gasteiger partial charge in [0.2, 0.25) is 0 Å². The molecule has 0 atom stereocenters. The van der Waals surface area contributed by atoms with Crippen LogP contribution in [0.15, 0.2) is 22.7 Å². The molecule has 6 heteroatoms. The van der Waals surface area contributed by atoms with E-state index in [0.717, 1.165) is 25.1 Å². The van der Waals surface area contributed by atoms with Crippen molar-refractivity contribution in [3.8, 4) is 11.4 Å². The summed E-state index contributed by atoms with van der Waals surface area (Å²) < 4.78 is 1.99. The summed E-state index contributed by atoms with van der Waals surface area (Å²) in [6, 6.07) is 5.69. The summed E-state index contributed by atoms with van der Waals surface area (Å²) in [5, 5.41) is 3.78. The molecule has 0 aliphatic rings. The second kappa shape index (κ2) is 6.38. The lowest BCUT2D eigenvalue weighted by molar-refractivity contribution is 0.564. The highest BCUT2D eigenvalue weighted by molar-refractivity contribution is 14.1. The van der Waals surface area contributed by atoms with Crippen molar-refractivity contribution in [3.63, 3.8) is 0 Å². The Morgan fingerprint density at radius 3 is 2.48 bits per heavy atom. The summed E-state index contributed by atoms with van der Waals surface area (Å²) in [5.74, 6) is 1.46. The molecule has 0 aliphatic carbocycles. The Balaban J connectivity index is 2.73. The van der Waals surface area contributed by atoms with Gasteiger partial charge in [-0.3, -0.25) is 0 Å². The molecule has 1 aromatic carbocycles. The summed E-state index contributed by atoms with van der Waals surface area (Å²) in [5.41, 5.74) is 1.76. The Hall–Kier alpha value is -0.400. The lowest BCUT2D eigenvalue weighted by atomic mass is 9.91. The van der Waals surface area contributed by atoms with E-state index in [1.165, 1.54) is 0 Å². The number of benzene rings is 1. The van der Waals surface area contributed by atoms with Gasteiger partial charge in [-0.05, 0) is 40.8 Å². The largest absolute Gasteiger partial charge is 0.372 e. The van der Waals surface area contributed by atoms with Crippen molar-refractivity contribution in [3.05, 3.63) is 37.0 Å². The maximum atomic E-state index is 6.31. The molecule has 0 unspecified atom stereocenters. The van der Waals surface area contributed by atoms with E-state index in [-0.39, 0.29) is 5.41 Å². The molecule has 0 saturated heterocycles. The van der Waals surface area contributed by atoms with Crippen molar-refractivity contribution in [2.24, 2.45) is 0 Å². The van der Waals surface area contributed by atoms with E-state index in [1.54, 1.807) is 0 Å². The van der Waals surface area contributed by atoms with Crippen molar-refractivity contribution < 1.29 is 0 Å². The van der Waals surface area contributed by atoms with E-state index in [9.17, 15) is 0 Å². The van der Waals surface area contributed by atoms with Crippen LogP contribution in [0.4, 0.5) is 5.82 Å². The minimum Gasteiger partial charge on any atom is -0.372 e. The van der Waals surface area contributed by atoms with Crippen LogP contribution >= 0.6 is 50.1 Å². The van der Waals surface area contributed by atoms with Gasteiger partial charge in [0.1, 0.15) is 5.82 Å². The Morgan fingerprint density at radius 1 is 1.24 bits per heavy atom. The van der Waals surface area contributed by atoms with Crippen LogP contribution in [0.2, 0.25) is 5.02 Å². The van der Waals surface area contributed by atoms with Gasteiger partial charge in [0.15, 0.2) is 5.82 Å². The molecule has 1 aromatic heterocycles. The van der Waals surface area contributed by atoms with E-state index >= 15 is 0 Å².